The van der Waals surface area contributed by atoms with Crippen molar-refractivity contribution in [3.63, 3.8) is 0 Å². The molecular formula is C32H35FN4O10S2. The zero-order valence-electron chi connectivity index (χ0n) is 25.8. The highest BCUT2D eigenvalue weighted by Gasteiger charge is 2.24. The molecule has 0 unspecified atom stereocenters. The van der Waals surface area contributed by atoms with Crippen LogP contribution in [0.2, 0.25) is 0 Å². The van der Waals surface area contributed by atoms with E-state index in [1.807, 2.05) is 30.3 Å². The number of carboxylic acids is 3. The summed E-state index contributed by atoms with van der Waals surface area (Å²) in [7, 11) is 0. The molecule has 2 amide bonds. The quantitative estimate of drug-likeness (QED) is 0.0827. The molecule has 0 saturated carbocycles. The Kier molecular flexibility index (Phi) is 15.0. The molecule has 0 aliphatic rings. The Hall–Kier alpha value is -4.55. The second kappa shape index (κ2) is 18.8. The van der Waals surface area contributed by atoms with Gasteiger partial charge in [-0.1, -0.05) is 42.1 Å². The van der Waals surface area contributed by atoms with Crippen LogP contribution in [0.5, 0.6) is 0 Å². The van der Waals surface area contributed by atoms with Crippen LogP contribution in [0.25, 0.3) is 17.0 Å². The number of benzene rings is 2. The number of hydrogen-bond acceptors (Lipinski definition) is 11. The molecule has 1 aromatic heterocycles. The number of nitrogens with zero attached hydrogens (tertiary/aromatic N) is 1. The Bertz CT molecular complexity index is 1700. The van der Waals surface area contributed by atoms with Crippen molar-refractivity contribution in [2.45, 2.75) is 64.7 Å². The summed E-state index contributed by atoms with van der Waals surface area (Å²) in [6.07, 6.45) is 0.127. The van der Waals surface area contributed by atoms with Gasteiger partial charge >= 0.3 is 17.9 Å². The van der Waals surface area contributed by atoms with E-state index in [1.54, 1.807) is 6.07 Å². The summed E-state index contributed by atoms with van der Waals surface area (Å²) in [6, 6.07) is 9.23. The fraction of sp³-hybridized carbons (Fsp3) is 0.312. The molecule has 0 radical (unpaired) electrons. The monoisotopic (exact) mass is 718 g/mol. The molecule has 3 rings (SSSR count). The highest BCUT2D eigenvalue weighted by molar-refractivity contribution is 7.99. The van der Waals surface area contributed by atoms with Gasteiger partial charge in [0.05, 0.1) is 29.0 Å². The second-order valence-corrected chi connectivity index (χ2v) is 12.8. The molecule has 17 heteroatoms. The van der Waals surface area contributed by atoms with Crippen LogP contribution in [0, 0.1) is 5.82 Å². The first-order valence-electron chi connectivity index (χ1n) is 14.7. The van der Waals surface area contributed by atoms with Crippen LogP contribution in [-0.4, -0.2) is 96.8 Å². The first-order chi connectivity index (χ1) is 23.2. The minimum absolute atomic E-state index is 0.204. The van der Waals surface area contributed by atoms with Gasteiger partial charge in [-0.15, -0.1) is 11.8 Å². The molecule has 0 saturated heterocycles. The summed E-state index contributed by atoms with van der Waals surface area (Å²) in [6.45, 7) is -0.745. The molecule has 49 heavy (non-hydrogen) atoms. The van der Waals surface area contributed by atoms with Crippen molar-refractivity contribution in [3.05, 3.63) is 66.1 Å². The Labute approximate surface area is 288 Å². The molecule has 4 atom stereocenters. The minimum atomic E-state index is -1.34. The van der Waals surface area contributed by atoms with Crippen molar-refractivity contribution in [1.82, 2.24) is 15.6 Å². The first-order valence-corrected chi connectivity index (χ1v) is 16.5. The Morgan fingerprint density at radius 1 is 1.02 bits per heavy atom. The Morgan fingerprint density at radius 2 is 1.73 bits per heavy atom. The molecule has 14 nitrogen and oxygen atoms in total. The van der Waals surface area contributed by atoms with E-state index in [0.717, 1.165) is 16.7 Å². The number of nitrogens with one attached hydrogen (secondary N) is 2. The van der Waals surface area contributed by atoms with Gasteiger partial charge in [-0.05, 0) is 30.7 Å². The van der Waals surface area contributed by atoms with Gasteiger partial charge in [0.1, 0.15) is 24.4 Å². The summed E-state index contributed by atoms with van der Waals surface area (Å²) < 4.78 is 15.5. The van der Waals surface area contributed by atoms with E-state index in [1.165, 1.54) is 36.2 Å². The third-order valence-corrected chi connectivity index (χ3v) is 9.04. The third kappa shape index (κ3) is 12.8. The van der Waals surface area contributed by atoms with E-state index in [2.05, 4.69) is 15.6 Å². The maximum absolute atomic E-state index is 15.5. The molecule has 3 aromatic rings. The average Bonchev–Trinajstić information content (AvgIpc) is 3.04. The van der Waals surface area contributed by atoms with Crippen LogP contribution in [0.4, 0.5) is 4.39 Å². The molecule has 0 aliphatic heterocycles. The van der Waals surface area contributed by atoms with Gasteiger partial charge in [0, 0.05) is 45.5 Å². The smallest absolute Gasteiger partial charge is 0.322 e. The second-order valence-electron chi connectivity index (χ2n) is 10.7. The summed E-state index contributed by atoms with van der Waals surface area (Å²) in [5, 5.41) is 52.2. The number of fused-ring (bicyclic) bond motifs is 1. The first kappa shape index (κ1) is 38.9. The van der Waals surface area contributed by atoms with Crippen LogP contribution in [-0.2, 0) is 24.0 Å². The number of halogens is 1. The van der Waals surface area contributed by atoms with Crippen LogP contribution >= 0.6 is 23.5 Å². The largest absolute Gasteiger partial charge is 0.481 e. The Morgan fingerprint density at radius 3 is 2.39 bits per heavy atom. The van der Waals surface area contributed by atoms with E-state index < -0.39 is 72.8 Å². The molecule has 0 aliphatic carbocycles. The van der Waals surface area contributed by atoms with Gasteiger partial charge in [-0.3, -0.25) is 29.0 Å². The average molecular weight is 719 g/mol. The van der Waals surface area contributed by atoms with Crippen LogP contribution in [0.15, 0.2) is 69.4 Å². The molecule has 9 N–H and O–H groups in total. The standard InChI is InChI=1S/C32H35FN4O10S2/c33-22-12-21-24(13-26(22)49-20-4-2-1-3-5-20)35-14-17(6-7-18(38)10-19(39)11-28(41)42)30(21)48-16-25(31(45)36-15-29(43)44)37-27(40)9-8-23(34)32(46)47/h1-7,12-14,18-19,23,25,38-39H,8-11,15-16,34H2,(H,36,45)(H,37,40)(H,41,42)(H,43,44)(H,46,47)/b7-6+/t18-,19-,23+,25+/m1/s1. The zero-order chi connectivity index (χ0) is 36.1. The van der Waals surface area contributed by atoms with Gasteiger partial charge in [0.15, 0.2) is 0 Å². The van der Waals surface area contributed by atoms with Gasteiger partial charge in [-0.2, -0.15) is 0 Å². The maximum atomic E-state index is 15.5. The highest BCUT2D eigenvalue weighted by atomic mass is 32.2. The van der Waals surface area contributed by atoms with Crippen molar-refractivity contribution in [2.75, 3.05) is 12.3 Å². The van der Waals surface area contributed by atoms with Crippen molar-refractivity contribution in [3.8, 4) is 0 Å². The minimum Gasteiger partial charge on any atom is -0.481 e. The lowest BCUT2D eigenvalue weighted by Crippen LogP contribution is -2.49. The lowest BCUT2D eigenvalue weighted by molar-refractivity contribution is -0.140. The number of carboxylic acid groups (broad SMARTS) is 3. The van der Waals surface area contributed by atoms with E-state index in [4.69, 9.17) is 21.1 Å². The number of aliphatic hydroxyl groups excluding tert-OH is 2. The summed E-state index contributed by atoms with van der Waals surface area (Å²) >= 11 is 2.18. The number of thioether (sulfide) groups is 1. The van der Waals surface area contributed by atoms with Crippen molar-refractivity contribution >= 4 is 70.2 Å². The van der Waals surface area contributed by atoms with Gasteiger partial charge < -0.3 is 41.9 Å². The topological polar surface area (TPSA) is 249 Å². The number of carbonyl (C=O) groups is 5. The summed E-state index contributed by atoms with van der Waals surface area (Å²) in [5.74, 6) is -6.25. The summed E-state index contributed by atoms with van der Waals surface area (Å²) in [5.41, 5.74) is 6.19. The van der Waals surface area contributed by atoms with Crippen molar-refractivity contribution < 1.29 is 53.9 Å². The fourth-order valence-corrected chi connectivity index (χ4v) is 6.38. The van der Waals surface area contributed by atoms with Crippen LogP contribution in [0.1, 0.15) is 31.2 Å². The number of nitrogens with two attached hydrogens (primary N) is 1. The molecule has 0 fully saturated rings. The fourth-order valence-electron chi connectivity index (χ4n) is 4.33. The molecule has 2 aromatic carbocycles. The Balaban J connectivity index is 1.97. The normalized spacial score (nSPS) is 13.8. The van der Waals surface area contributed by atoms with Crippen molar-refractivity contribution in [2.24, 2.45) is 5.73 Å². The number of amides is 2. The van der Waals surface area contributed by atoms with Gasteiger partial charge in [-0.25, -0.2) is 4.39 Å². The molecule has 0 spiro atoms. The van der Waals surface area contributed by atoms with E-state index in [0.29, 0.717) is 21.4 Å². The third-order valence-electron chi connectivity index (χ3n) is 6.75. The maximum Gasteiger partial charge on any atom is 0.322 e. The number of hydrogen-bond donors (Lipinski definition) is 8. The number of carbonyl (C=O) groups excluding carboxylic acids is 2. The predicted octanol–water partition coefficient (Wildman–Crippen LogP) is 2.09. The number of rotatable bonds is 19. The lowest BCUT2D eigenvalue weighted by atomic mass is 10.1. The van der Waals surface area contributed by atoms with E-state index in [9.17, 15) is 34.2 Å². The van der Waals surface area contributed by atoms with Crippen LogP contribution in [0.3, 0.4) is 0 Å². The van der Waals surface area contributed by atoms with E-state index >= 15 is 4.39 Å². The number of aliphatic carboxylic acids is 3. The number of aromatic nitrogens is 1. The van der Waals surface area contributed by atoms with E-state index in [-0.39, 0.29) is 29.9 Å². The summed E-state index contributed by atoms with van der Waals surface area (Å²) in [4.78, 5) is 64.5. The lowest BCUT2D eigenvalue weighted by Gasteiger charge is -2.19. The van der Waals surface area contributed by atoms with Gasteiger partial charge in [0.25, 0.3) is 0 Å². The SMILES string of the molecule is N[C@@H](CCC(=O)N[C@@H](CSc1c(/C=C/[C@@H](O)C[C@@H](O)CC(=O)O)cnc2cc(Sc3ccccc3)c(F)cc12)C(=O)NCC(=O)O)C(=O)O. The number of aliphatic hydroxyl groups is 2. The van der Waals surface area contributed by atoms with Crippen LogP contribution < -0.4 is 16.4 Å². The predicted molar refractivity (Wildman–Crippen MR) is 178 cm³/mol. The molecule has 0 bridgehead atoms. The molecule has 262 valence electrons. The highest BCUT2D eigenvalue weighted by Crippen LogP contribution is 2.37. The molecular weight excluding hydrogens is 684 g/mol. The van der Waals surface area contributed by atoms with Gasteiger partial charge in [0.2, 0.25) is 11.8 Å². The molecule has 1 heterocycles. The number of pyridine rings is 1. The zero-order valence-corrected chi connectivity index (χ0v) is 27.5. The van der Waals surface area contributed by atoms with Crippen molar-refractivity contribution in [1.29, 1.82) is 0 Å².